The van der Waals surface area contributed by atoms with Gasteiger partial charge in [-0.1, -0.05) is 177 Å². The molecule has 0 aliphatic carbocycles. The Bertz CT molecular complexity index is 9150. The van der Waals surface area contributed by atoms with E-state index in [9.17, 15) is 0 Å². The highest BCUT2D eigenvalue weighted by Crippen LogP contribution is 2.42. The van der Waals surface area contributed by atoms with Crippen molar-refractivity contribution in [2.24, 2.45) is 0 Å². The number of fused-ring (bicyclic) bond motifs is 9. The maximum atomic E-state index is 6.19. The number of hydrogen-bond acceptors (Lipinski definition) is 8. The first-order valence-electron chi connectivity index (χ1n) is 36.6. The topological polar surface area (TPSA) is 33.2 Å². The van der Waals surface area contributed by atoms with E-state index in [2.05, 4.69) is 393 Å². The molecule has 0 bridgehead atoms. The van der Waals surface area contributed by atoms with Crippen LogP contribution < -0.4 is 5.46 Å². The SMILES string of the molecule is Brc1cc(Br)c(-c2ccc(-n3c4ccccc4c4ccccc43)cc2)cc1-c1ccc(-n2c3ccccc3c3ccccc32)cc1.Brc1cc(Br)c(I)cc1I.CC1(C)OB(c2ccc(-n3c4ccccc4c4ccccc43)cc2)OC1(C)C.S=S=S=S=S=S=S=S=S=S=S=S=S=S=S=S=S=S.S=S=S=S=S=S=S=S=S=S=S=S=S=S=S=S=S=S=S.S=S=S=S=S=S=S=S=S=S=S=S=S=S=S=S=S=S=S=S. The van der Waals surface area contributed by atoms with E-state index in [4.69, 9.17) is 76.4 Å². The number of rotatable bonds is 6. The van der Waals surface area contributed by atoms with Gasteiger partial charge in [-0.15, -0.1) is 0 Å². The van der Waals surface area contributed by atoms with Crippen LogP contribution in [0.15, 0.2) is 261 Å². The molecule has 754 valence electrons. The fourth-order valence-corrected chi connectivity index (χ4v) is 139. The summed E-state index contributed by atoms with van der Waals surface area (Å²) in [6.07, 6.45) is 0. The molecule has 11 aromatic carbocycles. The Labute approximate surface area is 1050 Å². The van der Waals surface area contributed by atoms with Crippen LogP contribution in [0.2, 0.25) is 0 Å². The van der Waals surface area contributed by atoms with Crippen molar-refractivity contribution in [1.29, 1.82) is 0 Å². The lowest BCUT2D eigenvalue weighted by Crippen LogP contribution is -2.41. The molecule has 15 rings (SSSR count). The van der Waals surface area contributed by atoms with Crippen LogP contribution in [0.5, 0.6) is 0 Å². The zero-order chi connectivity index (χ0) is 100. The second-order valence-corrected chi connectivity index (χ2v) is 121. The first-order valence-corrected chi connectivity index (χ1v) is 114. The zero-order valence-corrected chi connectivity index (χ0v) is 127. The van der Waals surface area contributed by atoms with Crippen molar-refractivity contribution < 1.29 is 9.31 Å². The van der Waals surface area contributed by atoms with Gasteiger partial charge in [-0.2, -0.15) is 0 Å². The summed E-state index contributed by atoms with van der Waals surface area (Å²) in [5.41, 5.74) is 15.7. The quantitative estimate of drug-likeness (QED) is 0.0925. The minimum Gasteiger partial charge on any atom is -0.399 e. The van der Waals surface area contributed by atoms with E-state index < -0.39 is 0 Å². The van der Waals surface area contributed by atoms with Gasteiger partial charge in [0.1, 0.15) is 0 Å². The average Bonchev–Trinajstić information content (AvgIpc) is 1.61. The number of nitrogens with zero attached hydrogens (tertiary/aromatic N) is 3. The fourth-order valence-electron chi connectivity index (χ4n) is 11.9. The van der Waals surface area contributed by atoms with Crippen LogP contribution in [-0.4, -0.2) is 32.0 Å². The van der Waals surface area contributed by atoms with E-state index in [0.29, 0.717) is 0 Å². The van der Waals surface area contributed by atoms with Crippen LogP contribution in [-0.2, 0) is 529 Å². The third-order valence-corrected chi connectivity index (χ3v) is 130. The van der Waals surface area contributed by atoms with Crippen LogP contribution in [0.25, 0.3) is 105 Å². The summed E-state index contributed by atoms with van der Waals surface area (Å²) >= 11 is 47.7. The molecule has 0 amide bonds. The zero-order valence-electron chi connectivity index (χ0n) is 69.4. The van der Waals surface area contributed by atoms with Gasteiger partial charge in [0.05, 0.1) is 44.3 Å². The highest BCUT2D eigenvalue weighted by atomic mass is 127. The van der Waals surface area contributed by atoms with Crippen LogP contribution in [0, 0.1) is 7.14 Å². The van der Waals surface area contributed by atoms with Gasteiger partial charge in [0.2, 0.25) is 0 Å². The Balaban J connectivity index is 0.000000187. The lowest BCUT2D eigenvalue weighted by molar-refractivity contribution is 0.00578. The summed E-state index contributed by atoms with van der Waals surface area (Å²) in [6.45, 7) is 8.33. The summed E-state index contributed by atoms with van der Waals surface area (Å²) in [7, 11) is 86.7. The normalized spacial score (nSPS) is 11.1. The highest BCUT2D eigenvalue weighted by Gasteiger charge is 2.51. The number of benzene rings is 11. The standard InChI is InChI=1S/C42H26Br2N2.C24H24BNO2.C6H2Br2I2.S20.S19.S18/c43-37-26-38(44)36(28-19-23-30(24-20-28)46-41-15-7-3-11-33(41)34-12-4-8-16-42(34)46)25-35(37)27-17-21-29(22-18-27)45-39-13-5-1-9-31(39)32-10-2-6-14-40(32)45;1-23(2)24(3,4)28-25(27-23)17-13-15-18(16-14-17)26-21-11-7-5-9-19(21)20-10-6-8-12-22(20)26;7-3-1-4(8)6(10)2-5(3)9;1-3-5-7-9-11-13-15-17-19-20-18-16-14-12-10-8-6-4-2;1-3-5-7-9-11-13-15-17-19-18-16-14-12-10-8-6-4-2;1-3-5-7-9-11-13-15-17-18-16-14-12-10-8-6-4-2/h1-26H;5-16H,1-4H3;1-2H;;;. The van der Waals surface area contributed by atoms with Gasteiger partial charge in [-0.25, -0.2) is 0 Å². The summed E-state index contributed by atoms with van der Waals surface area (Å²) < 4.78 is 26.3. The maximum Gasteiger partial charge on any atom is 0.494 e. The summed E-state index contributed by atoms with van der Waals surface area (Å²) in [4.78, 5) is 0. The van der Waals surface area contributed by atoms with Gasteiger partial charge < -0.3 is 23.0 Å². The molecule has 0 spiro atoms. The molecule has 0 atom stereocenters. The third kappa shape index (κ3) is 44.9. The molecule has 0 saturated carbocycles. The smallest absolute Gasteiger partial charge is 0.399 e. The maximum absolute atomic E-state index is 6.19. The second-order valence-electron chi connectivity index (χ2n) is 25.3. The lowest BCUT2D eigenvalue weighted by Gasteiger charge is -2.32. The Kier molecular flexibility index (Phi) is 70.3. The van der Waals surface area contributed by atoms with Crippen molar-refractivity contribution in [3.05, 3.63) is 268 Å². The van der Waals surface area contributed by atoms with E-state index in [-0.39, 0.29) is 18.3 Å². The van der Waals surface area contributed by atoms with Crippen molar-refractivity contribution >= 4 is 707 Å². The van der Waals surface area contributed by atoms with Crippen molar-refractivity contribution in [2.45, 2.75) is 38.9 Å². The van der Waals surface area contributed by atoms with Crippen molar-refractivity contribution in [1.82, 2.24) is 13.7 Å². The molecule has 1 fully saturated rings. The molecule has 141 heavy (non-hydrogen) atoms. The van der Waals surface area contributed by atoms with Crippen LogP contribution in [0.4, 0.5) is 0 Å². The average molecular weight is 3400 g/mol. The first kappa shape index (κ1) is 129. The van der Waals surface area contributed by atoms with Crippen LogP contribution in [0.1, 0.15) is 27.7 Å². The van der Waals surface area contributed by atoms with Crippen LogP contribution >= 0.6 is 109 Å². The third-order valence-electron chi connectivity index (χ3n) is 17.6. The van der Waals surface area contributed by atoms with Gasteiger partial charge in [0.25, 0.3) is 0 Å². The molecular weight excluding hydrogens is 3350 g/mol. The van der Waals surface area contributed by atoms with Crippen molar-refractivity contribution in [2.75, 3.05) is 0 Å². The first-order chi connectivity index (χ1) is 68.9. The van der Waals surface area contributed by atoms with Gasteiger partial charge in [-0.3, -0.25) is 0 Å². The largest absolute Gasteiger partial charge is 0.494 e. The second kappa shape index (κ2) is 76.6. The van der Waals surface area contributed by atoms with E-state index >= 15 is 0 Å². The molecule has 1 aliphatic heterocycles. The Morgan fingerprint density at radius 1 is 0.227 bits per heavy atom. The van der Waals surface area contributed by atoms with Gasteiger partial charge >= 0.3 is 7.12 Å². The van der Waals surface area contributed by atoms with Crippen molar-refractivity contribution in [3.63, 3.8) is 0 Å². The molecule has 3 aromatic heterocycles. The molecule has 1 aliphatic rings. The number of para-hydroxylation sites is 6. The van der Waals surface area contributed by atoms with E-state index in [1.165, 1.54) is 126 Å². The minimum absolute atomic E-state index is 0.330. The Morgan fingerprint density at radius 3 is 0.596 bits per heavy atom. The summed E-state index contributed by atoms with van der Waals surface area (Å²) in [6, 6.07) is 86.6. The summed E-state index contributed by atoms with van der Waals surface area (Å²) in [5, 5.41) is 7.62. The predicted octanol–water partition coefficient (Wildman–Crippen LogP) is 22.1. The molecule has 4 heterocycles. The van der Waals surface area contributed by atoms with Crippen LogP contribution in [0.3, 0.4) is 0 Å². The molecule has 69 heteroatoms. The molecule has 5 nitrogen and oxygen atoms in total. The van der Waals surface area contributed by atoms with Gasteiger partial charge in [0.15, 0.2) is 0 Å². The predicted molar refractivity (Wildman–Crippen MR) is 805 cm³/mol. The highest BCUT2D eigenvalue weighted by molar-refractivity contribution is 14.1. The fraction of sp³-hybridized carbons (Fsp3) is 0.0833. The molecular formula is C72H52BBr4I2N3O2S57. The number of aromatic nitrogens is 3. The Hall–Kier alpha value is 6.72. The molecule has 0 unspecified atom stereocenters. The summed E-state index contributed by atoms with van der Waals surface area (Å²) in [5.74, 6) is 0. The monoisotopic (exact) mass is 3390 g/mol. The van der Waals surface area contributed by atoms with Gasteiger partial charge in [-0.05, 0) is 230 Å². The van der Waals surface area contributed by atoms with E-state index in [0.717, 1.165) is 62.7 Å². The number of hydrogen-bond donors (Lipinski definition) is 0. The molecule has 0 N–H and O–H groups in total. The number of halogens is 6. The molecule has 1 saturated heterocycles. The minimum atomic E-state index is -0.336. The lowest BCUT2D eigenvalue weighted by atomic mass is 9.79. The van der Waals surface area contributed by atoms with Crippen molar-refractivity contribution in [3.8, 4) is 39.3 Å². The van der Waals surface area contributed by atoms with E-state index in [1.807, 2.05) is 0 Å². The molecule has 0 radical (unpaired) electrons. The van der Waals surface area contributed by atoms with E-state index in [1.54, 1.807) is 400 Å². The molecule has 14 aromatic rings. The Morgan fingerprint density at radius 2 is 0.404 bits per heavy atom. The van der Waals surface area contributed by atoms with Gasteiger partial charge in [0, 0.05) is 594 Å².